The Morgan fingerprint density at radius 2 is 0.889 bits per heavy atom. The lowest BCUT2D eigenvalue weighted by atomic mass is 9.91. The molecule has 8 aromatic rings. The highest BCUT2D eigenvalue weighted by Crippen LogP contribution is 2.44. The average molecular weight is 1720 g/mol. The molecule has 0 aromatic carbocycles. The molecule has 43 heteroatoms. The standard InChI is InChI=1S/C19H23F2N7O3.C19H23F2N5O2.C17H21F2N5O.C16H18ClF2N5.C3Cl3NO2/c20-19(21)6-3-13(4-7-19)28(16(22)29)15-9-12(10-31-17(23)30)24-18(25-15)27-8-5-14(26-27)11-1-2-11;1-2-28-17(27)15-11-16(22-13-5-8-19(20,21)9-6-13)24-18(23-15)26-10-7-14(25-26)12-3-4-12;18-17(19)6-3-12(4-7-17)20-15-9-13(10-25)21-16(22-15)24-8-5-14(23-24)11-1-2-11;17-13-9-14(20-11-3-6-16(18,19)7-4-11)22-15(21-13)24-8-5-12(23-24)10-1-2-10;4-3(5,6)2(9)7-1-8/h5,8-9,11,13H,1-4,6-7,10H2,(H2,22,29)(H2,23,30);7,10-13H,2-6,8-9H2,1H3,(H,22,23,24);5,8-9,11-12,25H,1-4,6-7,10H2,(H,20,21,22);5,8-11H,1-4,6-7H2,(H,20,21,22);. The third-order valence-corrected chi connectivity index (χ3v) is 21.0. The number of aliphatic hydroxyl groups is 1. The Bertz CT molecular complexity index is 4820. The Balaban J connectivity index is 0.000000139. The van der Waals surface area contributed by atoms with Gasteiger partial charge < -0.3 is 42.0 Å². The molecule has 8 saturated carbocycles. The van der Waals surface area contributed by atoms with Crippen LogP contribution >= 0.6 is 46.4 Å². The lowest BCUT2D eigenvalue weighted by Crippen LogP contribution is -2.47. The van der Waals surface area contributed by atoms with Gasteiger partial charge in [-0.2, -0.15) is 45.3 Å². The van der Waals surface area contributed by atoms with Crippen LogP contribution in [0.25, 0.3) is 23.8 Å². The maximum atomic E-state index is 13.6. The number of hydrogen-bond acceptors (Lipinski definition) is 23. The van der Waals surface area contributed by atoms with Crippen LogP contribution in [0.2, 0.25) is 5.15 Å². The molecule has 8 aliphatic rings. The maximum absolute atomic E-state index is 13.6. The topological polar surface area (TPSA) is 402 Å². The predicted octanol–water partition coefficient (Wildman–Crippen LogP) is 14.7. The highest BCUT2D eigenvalue weighted by Gasteiger charge is 2.42. The van der Waals surface area contributed by atoms with E-state index in [4.69, 9.17) is 67.3 Å². The number of isocyanates is 1. The van der Waals surface area contributed by atoms with Crippen molar-refractivity contribution in [1.82, 2.24) is 79.0 Å². The van der Waals surface area contributed by atoms with E-state index in [1.807, 2.05) is 36.7 Å². The van der Waals surface area contributed by atoms with Crippen molar-refractivity contribution in [2.45, 2.75) is 250 Å². The van der Waals surface area contributed by atoms with Gasteiger partial charge in [0.1, 0.15) is 35.0 Å². The molecule has 8 fully saturated rings. The van der Waals surface area contributed by atoms with Gasteiger partial charge in [-0.3, -0.25) is 9.69 Å². The quantitative estimate of drug-likeness (QED) is 0.00971. The predicted molar refractivity (Wildman–Crippen MR) is 411 cm³/mol. The largest absolute Gasteiger partial charge is 0.461 e. The highest BCUT2D eigenvalue weighted by atomic mass is 35.6. The zero-order valence-corrected chi connectivity index (χ0v) is 66.2. The molecule has 628 valence electrons. The van der Waals surface area contributed by atoms with Crippen LogP contribution in [0.4, 0.5) is 68.0 Å². The van der Waals surface area contributed by atoms with Crippen molar-refractivity contribution in [3.8, 4) is 23.8 Å². The molecule has 0 aliphatic heterocycles. The van der Waals surface area contributed by atoms with E-state index in [0.29, 0.717) is 102 Å². The number of hydrogen-bond donors (Lipinski definition) is 6. The van der Waals surface area contributed by atoms with Crippen molar-refractivity contribution in [2.75, 3.05) is 27.5 Å². The van der Waals surface area contributed by atoms with Crippen molar-refractivity contribution in [3.63, 3.8) is 0 Å². The summed E-state index contributed by atoms with van der Waals surface area (Å²) in [4.78, 5) is 93.8. The van der Waals surface area contributed by atoms with Crippen LogP contribution in [-0.4, -0.2) is 172 Å². The first-order valence-corrected chi connectivity index (χ1v) is 39.9. The van der Waals surface area contributed by atoms with Crippen molar-refractivity contribution in [1.29, 1.82) is 0 Å². The van der Waals surface area contributed by atoms with Crippen LogP contribution in [-0.2, 0) is 32.3 Å². The molecule has 0 radical (unpaired) electrons. The summed E-state index contributed by atoms with van der Waals surface area (Å²) in [5, 5.41) is 37.3. The lowest BCUT2D eigenvalue weighted by molar-refractivity contribution is -0.116. The Morgan fingerprint density at radius 3 is 1.25 bits per heavy atom. The summed E-state index contributed by atoms with van der Waals surface area (Å²) in [7, 11) is 0. The number of aliphatic hydroxyl groups excluding tert-OH is 1. The van der Waals surface area contributed by atoms with Gasteiger partial charge in [-0.25, -0.2) is 88.0 Å². The van der Waals surface area contributed by atoms with Crippen LogP contribution < -0.4 is 32.3 Å². The fourth-order valence-electron chi connectivity index (χ4n) is 13.4. The third kappa shape index (κ3) is 25.4. The van der Waals surface area contributed by atoms with Crippen molar-refractivity contribution >= 4 is 99.8 Å². The first-order chi connectivity index (χ1) is 55.6. The van der Waals surface area contributed by atoms with E-state index in [1.165, 1.54) is 39.2 Å². The van der Waals surface area contributed by atoms with E-state index in [0.717, 1.165) is 67.4 Å². The van der Waals surface area contributed by atoms with Crippen molar-refractivity contribution < 1.29 is 73.7 Å². The summed E-state index contributed by atoms with van der Waals surface area (Å²) in [6.45, 7) is 1.47. The molecule has 0 unspecified atom stereocenters. The first kappa shape index (κ1) is 86.5. The number of esters is 1. The molecule has 16 rings (SSSR count). The van der Waals surface area contributed by atoms with Gasteiger partial charge in [0.15, 0.2) is 5.69 Å². The number of urea groups is 1. The molecule has 8 N–H and O–H groups in total. The number of carbonyl (C=O) groups is 4. The third-order valence-electron chi connectivity index (χ3n) is 20.3. The monoisotopic (exact) mass is 1720 g/mol. The number of nitrogens with one attached hydrogen (secondary N) is 3. The van der Waals surface area contributed by atoms with E-state index < -0.39 is 57.5 Å². The zero-order valence-electron chi connectivity index (χ0n) is 63.2. The van der Waals surface area contributed by atoms with Gasteiger partial charge in [-0.1, -0.05) is 46.4 Å². The number of rotatable bonds is 21. The first-order valence-electron chi connectivity index (χ1n) is 38.4. The van der Waals surface area contributed by atoms with E-state index in [-0.39, 0.29) is 131 Å². The summed E-state index contributed by atoms with van der Waals surface area (Å²) < 4.78 is 121. The fraction of sp³-hybridized carbons (Fsp3) is 0.554. The molecule has 8 aromatic heterocycles. The molecule has 31 nitrogen and oxygen atoms in total. The number of amides is 4. The molecule has 8 aliphatic carbocycles. The Labute approximate surface area is 684 Å². The van der Waals surface area contributed by atoms with E-state index in [2.05, 4.69) is 81.2 Å². The van der Waals surface area contributed by atoms with E-state index in [9.17, 15) is 64.2 Å². The second-order valence-corrected chi connectivity index (χ2v) is 32.5. The number of primary amides is 2. The van der Waals surface area contributed by atoms with E-state index in [1.54, 1.807) is 40.8 Å². The summed E-state index contributed by atoms with van der Waals surface area (Å²) in [5.41, 5.74) is 15.4. The number of nitrogens with zero attached hydrogens (tertiary/aromatic N) is 18. The van der Waals surface area contributed by atoms with Gasteiger partial charge in [0.05, 0.1) is 47.4 Å². The summed E-state index contributed by atoms with van der Waals surface area (Å²) >= 11 is 21.0. The Kier molecular flexibility index (Phi) is 27.7. The number of aromatic nitrogens is 16. The minimum Gasteiger partial charge on any atom is -0.461 e. The lowest BCUT2D eigenvalue weighted by Gasteiger charge is -2.35. The normalized spacial score (nSPS) is 19.0. The second-order valence-electron chi connectivity index (χ2n) is 29.8. The number of halogens is 12. The summed E-state index contributed by atoms with van der Waals surface area (Å²) in [6, 6.07) is 12.4. The molecule has 0 bridgehead atoms. The zero-order chi connectivity index (χ0) is 83.6. The van der Waals surface area contributed by atoms with Crippen molar-refractivity contribution in [2.24, 2.45) is 16.5 Å². The minimum atomic E-state index is -2.76. The number of nitrogens with two attached hydrogens (primary N) is 2. The minimum absolute atomic E-state index is 0.0249. The van der Waals surface area contributed by atoms with E-state index >= 15 is 0 Å². The Hall–Kier alpha value is -9.82. The molecule has 8 heterocycles. The van der Waals surface area contributed by atoms with Crippen LogP contribution in [0.15, 0.2) is 78.3 Å². The Morgan fingerprint density at radius 1 is 0.521 bits per heavy atom. The van der Waals surface area contributed by atoms with Gasteiger partial charge in [0, 0.05) is 148 Å². The number of anilines is 4. The van der Waals surface area contributed by atoms with Gasteiger partial charge in [0.25, 0.3) is 27.6 Å². The van der Waals surface area contributed by atoms with Crippen LogP contribution in [0.3, 0.4) is 0 Å². The second kappa shape index (κ2) is 37.4. The molecule has 0 saturated heterocycles. The van der Waals surface area contributed by atoms with Crippen LogP contribution in [0, 0.1) is 0 Å². The number of aliphatic imine (C=N–C) groups is 1. The smallest absolute Gasteiger partial charge is 0.404 e. The molecule has 0 atom stereocenters. The molecule has 0 spiro atoms. The number of ether oxygens (including phenoxy) is 2. The van der Waals surface area contributed by atoms with Gasteiger partial charge in [-0.05, 0) is 134 Å². The van der Waals surface area contributed by atoms with Gasteiger partial charge in [-0.15, -0.1) is 4.99 Å². The fourth-order valence-corrected chi connectivity index (χ4v) is 13.7. The molecule has 4 amide bonds. The van der Waals surface area contributed by atoms with Crippen LogP contribution in [0.5, 0.6) is 0 Å². The van der Waals surface area contributed by atoms with Crippen LogP contribution in [0.1, 0.15) is 229 Å². The molecule has 117 heavy (non-hydrogen) atoms. The summed E-state index contributed by atoms with van der Waals surface area (Å²) in [5.74, 6) is -7.41. The molecular weight excluding hydrogens is 1630 g/mol. The van der Waals surface area contributed by atoms with Gasteiger partial charge in [0.2, 0.25) is 29.8 Å². The van der Waals surface area contributed by atoms with Crippen molar-refractivity contribution in [3.05, 3.63) is 118 Å². The number of carbonyl (C=O) groups excluding carboxylic acids is 5. The van der Waals surface area contributed by atoms with Gasteiger partial charge >= 0.3 is 24.0 Å². The molecular formula is C74H85Cl4F8N23O8. The average Bonchev–Trinajstić information content (AvgIpc) is 1.79. The number of alkyl halides is 11. The maximum Gasteiger partial charge on any atom is 0.404 e. The SMILES string of the molecule is CCOC(=O)c1cc(NC2CCC(F)(F)CC2)nc(-n2ccc(C3CC3)n2)n1.FC1(F)CCC(Nc2cc(Cl)nc(-n3ccc(C4CC4)n3)n2)CC1.NC(=O)OCc1cc(N(C(N)=O)C2CCC(F)(F)CC2)nc(-n2ccc(C3CC3)n2)n1.O=C=NC(=O)C(Cl)(Cl)Cl.OCc1cc(NC2CCC(F)(F)CC2)nc(-n2ccc(C3CC3)n2)n1. The highest BCUT2D eigenvalue weighted by molar-refractivity contribution is 6.76. The summed E-state index contributed by atoms with van der Waals surface area (Å²) in [6.07, 6.45) is 17.2.